The van der Waals surface area contributed by atoms with E-state index >= 15 is 0 Å². The van der Waals surface area contributed by atoms with Gasteiger partial charge >= 0.3 is 18.1 Å². The maximum Gasteiger partial charge on any atom is 0.427 e. The number of benzene rings is 1. The van der Waals surface area contributed by atoms with Crippen LogP contribution in [0.2, 0.25) is 0 Å². The number of carboxylic acid groups (broad SMARTS) is 1. The lowest BCUT2D eigenvalue weighted by atomic mass is 9.86. The highest BCUT2D eigenvalue weighted by atomic mass is 32.2. The number of nitrogens with zero attached hydrogens (tertiary/aromatic N) is 3. The largest absolute Gasteiger partial charge is 0.486 e. The van der Waals surface area contributed by atoms with E-state index in [1.807, 2.05) is 0 Å². The van der Waals surface area contributed by atoms with Crippen LogP contribution in [0, 0.1) is 16.7 Å². The average Bonchev–Trinajstić information content (AvgIpc) is 2.82. The Kier molecular flexibility index (Phi) is 7.89. The van der Waals surface area contributed by atoms with Crippen molar-refractivity contribution >= 4 is 27.6 Å². The SMILES string of the molecule is CC(C)(C[C@H]1CN(S(=O)(=O)c2cncc(C#N)c2)c2cc(CC(=O)OC(C)(C)C(F)(F)F)ccc2O1)C(=O)O. The Bertz CT molecular complexity index is 1430. The minimum atomic E-state index is -4.80. The van der Waals surface area contributed by atoms with Gasteiger partial charge in [0.1, 0.15) is 22.8 Å². The molecule has 0 fully saturated rings. The summed E-state index contributed by atoms with van der Waals surface area (Å²) in [5, 5.41) is 18.7. The van der Waals surface area contributed by atoms with Crippen LogP contribution >= 0.6 is 0 Å². The molecule has 0 saturated carbocycles. The summed E-state index contributed by atoms with van der Waals surface area (Å²) < 4.78 is 78.2. The van der Waals surface area contributed by atoms with Crippen LogP contribution in [-0.2, 0) is 30.8 Å². The van der Waals surface area contributed by atoms with E-state index in [2.05, 4.69) is 9.72 Å². The van der Waals surface area contributed by atoms with Gasteiger partial charge in [0.05, 0.1) is 29.6 Å². The van der Waals surface area contributed by atoms with Gasteiger partial charge in [-0.2, -0.15) is 18.4 Å². The predicted molar refractivity (Wildman–Crippen MR) is 130 cm³/mol. The van der Waals surface area contributed by atoms with E-state index in [1.165, 1.54) is 38.2 Å². The molecule has 1 atom stereocenters. The molecule has 0 saturated heterocycles. The fourth-order valence-electron chi connectivity index (χ4n) is 3.75. The number of anilines is 1. The molecule has 0 aliphatic carbocycles. The zero-order valence-electron chi connectivity index (χ0n) is 21.4. The molecule has 2 aromatic rings. The highest BCUT2D eigenvalue weighted by molar-refractivity contribution is 7.92. The number of esters is 1. The van der Waals surface area contributed by atoms with Crippen molar-refractivity contribution in [3.8, 4) is 11.8 Å². The van der Waals surface area contributed by atoms with Crippen LogP contribution in [0.25, 0.3) is 0 Å². The van der Waals surface area contributed by atoms with Crippen LogP contribution in [0.5, 0.6) is 5.75 Å². The fraction of sp³-hybridized carbons (Fsp3) is 0.440. The molecule has 1 N–H and O–H groups in total. The van der Waals surface area contributed by atoms with Gasteiger partial charge in [-0.15, -0.1) is 0 Å². The molecule has 39 heavy (non-hydrogen) atoms. The Labute approximate surface area is 223 Å². The Morgan fingerprint density at radius 2 is 1.87 bits per heavy atom. The van der Waals surface area contributed by atoms with Gasteiger partial charge < -0.3 is 14.6 Å². The number of halogens is 3. The van der Waals surface area contributed by atoms with Crippen molar-refractivity contribution in [3.63, 3.8) is 0 Å². The molecule has 210 valence electrons. The van der Waals surface area contributed by atoms with E-state index in [-0.39, 0.29) is 40.4 Å². The second-order valence-electron chi connectivity index (χ2n) is 10.2. The zero-order chi connectivity index (χ0) is 29.4. The predicted octanol–water partition coefficient (Wildman–Crippen LogP) is 3.84. The Balaban J connectivity index is 2.02. The average molecular weight is 570 g/mol. The third-order valence-corrected chi connectivity index (χ3v) is 7.85. The van der Waals surface area contributed by atoms with Gasteiger partial charge in [0.25, 0.3) is 10.0 Å². The first-order chi connectivity index (χ1) is 17.9. The quantitative estimate of drug-likeness (QED) is 0.468. The first-order valence-electron chi connectivity index (χ1n) is 11.6. The maximum absolute atomic E-state index is 13.7. The third-order valence-electron chi connectivity index (χ3n) is 6.10. The van der Waals surface area contributed by atoms with Crippen molar-refractivity contribution in [2.75, 3.05) is 10.8 Å². The summed E-state index contributed by atoms with van der Waals surface area (Å²) in [4.78, 5) is 27.5. The van der Waals surface area contributed by atoms with E-state index in [4.69, 9.17) is 4.74 Å². The summed E-state index contributed by atoms with van der Waals surface area (Å²) in [6.07, 6.45) is -4.14. The highest BCUT2D eigenvalue weighted by Gasteiger charge is 2.50. The van der Waals surface area contributed by atoms with Crippen molar-refractivity contribution in [2.24, 2.45) is 5.41 Å². The second-order valence-corrected chi connectivity index (χ2v) is 12.0. The summed E-state index contributed by atoms with van der Waals surface area (Å²) >= 11 is 0. The van der Waals surface area contributed by atoms with Gasteiger partial charge in [-0.1, -0.05) is 6.07 Å². The van der Waals surface area contributed by atoms with Crippen LogP contribution in [0.1, 0.15) is 45.2 Å². The van der Waals surface area contributed by atoms with Crippen molar-refractivity contribution in [2.45, 2.75) is 63.3 Å². The molecule has 0 bridgehead atoms. The van der Waals surface area contributed by atoms with Crippen molar-refractivity contribution < 1.29 is 45.8 Å². The number of aliphatic carboxylic acids is 1. The van der Waals surface area contributed by atoms with Gasteiger partial charge in [-0.3, -0.25) is 18.9 Å². The number of carbonyl (C=O) groups excluding carboxylic acids is 1. The smallest absolute Gasteiger partial charge is 0.427 e. The Hall–Kier alpha value is -3.86. The molecule has 0 unspecified atom stereocenters. The molecule has 0 spiro atoms. The normalized spacial score (nSPS) is 16.1. The molecule has 1 aromatic heterocycles. The lowest BCUT2D eigenvalue weighted by molar-refractivity contribution is -0.257. The number of fused-ring (bicyclic) bond motifs is 1. The third kappa shape index (κ3) is 6.42. The zero-order valence-corrected chi connectivity index (χ0v) is 22.3. The van der Waals surface area contributed by atoms with Gasteiger partial charge in [-0.05, 0) is 51.5 Å². The lowest BCUT2D eigenvalue weighted by Gasteiger charge is -2.37. The van der Waals surface area contributed by atoms with Crippen LogP contribution in [0.3, 0.4) is 0 Å². The maximum atomic E-state index is 13.7. The first kappa shape index (κ1) is 29.7. The number of pyridine rings is 1. The minimum absolute atomic E-state index is 0.0168. The van der Waals surface area contributed by atoms with Gasteiger partial charge in [0.2, 0.25) is 5.60 Å². The monoisotopic (exact) mass is 569 g/mol. The minimum Gasteiger partial charge on any atom is -0.486 e. The molecule has 0 amide bonds. The van der Waals surface area contributed by atoms with E-state index in [0.29, 0.717) is 13.8 Å². The van der Waals surface area contributed by atoms with Crippen LogP contribution in [0.15, 0.2) is 41.6 Å². The van der Waals surface area contributed by atoms with Crippen LogP contribution in [-0.4, -0.2) is 54.9 Å². The Morgan fingerprint density at radius 3 is 2.46 bits per heavy atom. The van der Waals surface area contributed by atoms with Gasteiger partial charge in [0.15, 0.2) is 0 Å². The van der Waals surface area contributed by atoms with Crippen LogP contribution < -0.4 is 9.04 Å². The molecule has 1 aliphatic heterocycles. The summed E-state index contributed by atoms with van der Waals surface area (Å²) in [6, 6.07) is 6.91. The molecule has 3 rings (SSSR count). The number of nitriles is 1. The number of sulfonamides is 1. The Morgan fingerprint density at radius 1 is 1.21 bits per heavy atom. The number of carbonyl (C=O) groups is 2. The summed E-state index contributed by atoms with van der Waals surface area (Å²) in [5.74, 6) is -2.25. The lowest BCUT2D eigenvalue weighted by Crippen LogP contribution is -2.46. The highest BCUT2D eigenvalue weighted by Crippen LogP contribution is 2.40. The number of ether oxygens (including phenoxy) is 2. The summed E-state index contributed by atoms with van der Waals surface area (Å²) in [6.45, 7) is 4.02. The number of aromatic nitrogens is 1. The van der Waals surface area contributed by atoms with Crippen molar-refractivity contribution in [1.29, 1.82) is 5.26 Å². The molecular formula is C25H26F3N3O7S. The molecule has 2 heterocycles. The number of carboxylic acids is 1. The van der Waals surface area contributed by atoms with E-state index in [9.17, 15) is 41.5 Å². The first-order valence-corrected chi connectivity index (χ1v) is 13.0. The van der Waals surface area contributed by atoms with Gasteiger partial charge in [0, 0.05) is 18.8 Å². The van der Waals surface area contributed by atoms with E-state index in [0.717, 1.165) is 16.6 Å². The molecule has 1 aliphatic rings. The second kappa shape index (κ2) is 10.4. The molecular weight excluding hydrogens is 543 g/mol. The van der Waals surface area contributed by atoms with E-state index in [1.54, 1.807) is 6.07 Å². The van der Waals surface area contributed by atoms with Gasteiger partial charge in [-0.25, -0.2) is 8.42 Å². The van der Waals surface area contributed by atoms with Crippen molar-refractivity contribution in [1.82, 2.24) is 4.98 Å². The van der Waals surface area contributed by atoms with E-state index < -0.39 is 51.7 Å². The molecule has 14 heteroatoms. The number of hydrogen-bond acceptors (Lipinski definition) is 8. The molecule has 0 radical (unpaired) electrons. The number of rotatable bonds is 8. The molecule has 10 nitrogen and oxygen atoms in total. The van der Waals surface area contributed by atoms with Crippen molar-refractivity contribution in [3.05, 3.63) is 47.8 Å². The summed E-state index contributed by atoms with van der Waals surface area (Å²) in [7, 11) is -4.38. The topological polar surface area (TPSA) is 147 Å². The number of hydrogen-bond donors (Lipinski definition) is 1. The standard InChI is InChI=1S/C25H26F3N3O7S/c1-23(2,22(33)34)10-17-14-31(39(35,36)18-7-16(11-29)12-30-13-18)19-8-15(5-6-20(19)37-17)9-21(32)38-24(3,4)25(26,27)28/h5-8,12-13,17H,9-10,14H2,1-4H3,(H,33,34)/t17-/m0/s1. The summed E-state index contributed by atoms with van der Waals surface area (Å²) in [5.41, 5.74) is -3.90. The van der Waals surface area contributed by atoms with Crippen LogP contribution in [0.4, 0.5) is 18.9 Å². The fourth-order valence-corrected chi connectivity index (χ4v) is 5.24. The molecule has 1 aromatic carbocycles. The number of alkyl halides is 3.